The lowest BCUT2D eigenvalue weighted by atomic mass is 9.97. The second kappa shape index (κ2) is 5.10. The summed E-state index contributed by atoms with van der Waals surface area (Å²) in [5.41, 5.74) is 4.96. The summed E-state index contributed by atoms with van der Waals surface area (Å²) < 4.78 is 5.20. The normalized spacial score (nSPS) is 28.4. The van der Waals surface area contributed by atoms with Gasteiger partial charge in [0.15, 0.2) is 0 Å². The molecule has 0 spiro atoms. The lowest BCUT2D eigenvalue weighted by Crippen LogP contribution is -2.53. The summed E-state index contributed by atoms with van der Waals surface area (Å²) in [5.74, 6) is -0.255. The van der Waals surface area contributed by atoms with E-state index in [1.165, 1.54) is 0 Å². The number of primary amides is 1. The van der Waals surface area contributed by atoms with E-state index in [9.17, 15) is 4.79 Å². The second-order valence-corrected chi connectivity index (χ2v) is 5.51. The molecule has 2 atom stereocenters. The van der Waals surface area contributed by atoms with Gasteiger partial charge in [-0.25, -0.2) is 4.98 Å². The molecule has 17 heavy (non-hydrogen) atoms. The molecular formula is C11H17N3O2S. The first kappa shape index (κ1) is 12.4. The van der Waals surface area contributed by atoms with Crippen LogP contribution in [0.15, 0.2) is 22.1 Å². The Kier molecular flexibility index (Phi) is 3.73. The fourth-order valence-electron chi connectivity index (χ4n) is 2.32. The number of carbonyl (C=O) groups is 1. The Hall–Kier alpha value is -1.01. The van der Waals surface area contributed by atoms with Crippen LogP contribution in [-0.4, -0.2) is 28.2 Å². The molecule has 1 heterocycles. The van der Waals surface area contributed by atoms with Crippen molar-refractivity contribution in [3.63, 3.8) is 0 Å². The predicted octanol–water partition coefficient (Wildman–Crippen LogP) is 1.15. The topological polar surface area (TPSA) is 81.1 Å². The molecule has 1 fully saturated rings. The first-order valence-corrected chi connectivity index (χ1v) is 6.65. The monoisotopic (exact) mass is 255 g/mol. The zero-order valence-corrected chi connectivity index (χ0v) is 10.6. The fourth-order valence-corrected chi connectivity index (χ4v) is 3.44. The maximum absolute atomic E-state index is 11.6. The number of nitrogens with two attached hydrogens (primary N) is 1. The zero-order valence-electron chi connectivity index (χ0n) is 9.81. The Morgan fingerprint density at radius 2 is 2.65 bits per heavy atom. The van der Waals surface area contributed by atoms with Crippen LogP contribution in [0.25, 0.3) is 0 Å². The maximum Gasteiger partial charge on any atom is 0.255 e. The first-order valence-electron chi connectivity index (χ1n) is 5.77. The number of rotatable bonds is 5. The van der Waals surface area contributed by atoms with Crippen LogP contribution in [0.3, 0.4) is 0 Å². The summed E-state index contributed by atoms with van der Waals surface area (Å²) in [6, 6.07) is 0. The largest absolute Gasteiger partial charge is 0.440 e. The van der Waals surface area contributed by atoms with Gasteiger partial charge in [-0.05, 0) is 25.8 Å². The van der Waals surface area contributed by atoms with Gasteiger partial charge < -0.3 is 15.5 Å². The smallest absolute Gasteiger partial charge is 0.255 e. The van der Waals surface area contributed by atoms with Crippen molar-refractivity contribution in [2.75, 3.05) is 6.54 Å². The molecule has 1 aromatic rings. The third-order valence-corrected chi connectivity index (χ3v) is 4.27. The summed E-state index contributed by atoms with van der Waals surface area (Å²) in [4.78, 5) is 15.7. The van der Waals surface area contributed by atoms with Crippen LogP contribution in [0.5, 0.6) is 0 Å². The SMILES string of the molecule is CCNC1(C(N)=O)CCC(Sc2ncco2)C1. The molecule has 94 valence electrons. The number of oxazole rings is 1. The molecule has 1 amide bonds. The average Bonchev–Trinajstić information content (AvgIpc) is 2.90. The van der Waals surface area contributed by atoms with Crippen molar-refractivity contribution in [2.45, 2.75) is 42.2 Å². The Labute approximate surface area is 105 Å². The summed E-state index contributed by atoms with van der Waals surface area (Å²) in [6.45, 7) is 2.73. The van der Waals surface area contributed by atoms with Gasteiger partial charge in [0.25, 0.3) is 5.22 Å². The summed E-state index contributed by atoms with van der Waals surface area (Å²) >= 11 is 1.58. The molecule has 0 aliphatic heterocycles. The number of nitrogens with zero attached hydrogens (tertiary/aromatic N) is 1. The van der Waals surface area contributed by atoms with Gasteiger partial charge >= 0.3 is 0 Å². The Bertz CT molecular complexity index is 382. The van der Waals surface area contributed by atoms with Crippen molar-refractivity contribution in [1.29, 1.82) is 0 Å². The van der Waals surface area contributed by atoms with Gasteiger partial charge in [-0.15, -0.1) is 0 Å². The van der Waals surface area contributed by atoms with Crippen LogP contribution in [0, 0.1) is 0 Å². The van der Waals surface area contributed by atoms with Gasteiger partial charge in [-0.2, -0.15) is 0 Å². The van der Waals surface area contributed by atoms with Crippen molar-refractivity contribution in [3.05, 3.63) is 12.5 Å². The molecule has 1 aliphatic rings. The number of thioether (sulfide) groups is 1. The van der Waals surface area contributed by atoms with Gasteiger partial charge in [-0.3, -0.25) is 4.79 Å². The standard InChI is InChI=1S/C11H17N3O2S/c1-2-14-11(9(12)15)4-3-8(7-11)17-10-13-5-6-16-10/h5-6,8,14H,2-4,7H2,1H3,(H2,12,15). The number of nitrogens with one attached hydrogen (secondary N) is 1. The quantitative estimate of drug-likeness (QED) is 0.825. The molecule has 2 rings (SSSR count). The van der Waals surface area contributed by atoms with Crippen molar-refractivity contribution < 1.29 is 9.21 Å². The maximum atomic E-state index is 11.6. The summed E-state index contributed by atoms with van der Waals surface area (Å²) in [6.07, 6.45) is 5.66. The van der Waals surface area contributed by atoms with E-state index in [4.69, 9.17) is 10.2 Å². The summed E-state index contributed by atoms with van der Waals surface area (Å²) in [7, 11) is 0. The van der Waals surface area contributed by atoms with Gasteiger partial charge in [-0.1, -0.05) is 18.7 Å². The average molecular weight is 255 g/mol. The number of likely N-dealkylation sites (N-methyl/N-ethyl adjacent to an activating group) is 1. The van der Waals surface area contributed by atoms with Crippen LogP contribution in [-0.2, 0) is 4.79 Å². The van der Waals surface area contributed by atoms with E-state index in [2.05, 4.69) is 10.3 Å². The third-order valence-electron chi connectivity index (χ3n) is 3.13. The van der Waals surface area contributed by atoms with Crippen molar-refractivity contribution >= 4 is 17.7 Å². The lowest BCUT2D eigenvalue weighted by molar-refractivity contribution is -0.124. The van der Waals surface area contributed by atoms with E-state index in [1.807, 2.05) is 6.92 Å². The lowest BCUT2D eigenvalue weighted by Gasteiger charge is -2.26. The van der Waals surface area contributed by atoms with Crippen LogP contribution in [0.1, 0.15) is 26.2 Å². The highest BCUT2D eigenvalue weighted by atomic mass is 32.2. The number of hydrogen-bond acceptors (Lipinski definition) is 5. The van der Waals surface area contributed by atoms with Crippen LogP contribution in [0.2, 0.25) is 0 Å². The van der Waals surface area contributed by atoms with Crippen molar-refractivity contribution in [2.24, 2.45) is 5.73 Å². The third kappa shape index (κ3) is 2.63. The Morgan fingerprint density at radius 1 is 1.82 bits per heavy atom. The van der Waals surface area contributed by atoms with Gasteiger partial charge in [0.2, 0.25) is 5.91 Å². The first-order chi connectivity index (χ1) is 8.16. The van der Waals surface area contributed by atoms with Gasteiger partial charge in [0, 0.05) is 5.25 Å². The molecule has 1 aliphatic carbocycles. The Morgan fingerprint density at radius 3 is 3.24 bits per heavy atom. The van der Waals surface area contributed by atoms with Crippen molar-refractivity contribution in [1.82, 2.24) is 10.3 Å². The van der Waals surface area contributed by atoms with E-state index >= 15 is 0 Å². The number of hydrogen-bond donors (Lipinski definition) is 2. The van der Waals surface area contributed by atoms with Crippen LogP contribution in [0.4, 0.5) is 0 Å². The number of carbonyl (C=O) groups excluding carboxylic acids is 1. The molecule has 6 heteroatoms. The molecule has 0 saturated heterocycles. The molecule has 0 bridgehead atoms. The minimum absolute atomic E-state index is 0.255. The minimum Gasteiger partial charge on any atom is -0.440 e. The van der Waals surface area contributed by atoms with E-state index in [0.29, 0.717) is 10.5 Å². The molecule has 2 unspecified atom stereocenters. The van der Waals surface area contributed by atoms with Gasteiger partial charge in [0.05, 0.1) is 11.7 Å². The molecule has 0 aromatic carbocycles. The molecule has 3 N–H and O–H groups in total. The fraction of sp³-hybridized carbons (Fsp3) is 0.636. The molecule has 1 aromatic heterocycles. The molecule has 5 nitrogen and oxygen atoms in total. The molecular weight excluding hydrogens is 238 g/mol. The number of aromatic nitrogens is 1. The molecule has 1 saturated carbocycles. The predicted molar refractivity (Wildman–Crippen MR) is 65.6 cm³/mol. The zero-order chi connectivity index (χ0) is 12.3. The highest BCUT2D eigenvalue weighted by Crippen LogP contribution is 2.39. The van der Waals surface area contributed by atoms with E-state index < -0.39 is 5.54 Å². The minimum atomic E-state index is -0.543. The Balaban J connectivity index is 1.99. The van der Waals surface area contributed by atoms with E-state index in [1.54, 1.807) is 24.2 Å². The van der Waals surface area contributed by atoms with Crippen molar-refractivity contribution in [3.8, 4) is 0 Å². The van der Waals surface area contributed by atoms with Crippen LogP contribution >= 0.6 is 11.8 Å². The highest BCUT2D eigenvalue weighted by molar-refractivity contribution is 7.99. The molecule has 0 radical (unpaired) electrons. The number of amides is 1. The van der Waals surface area contributed by atoms with Crippen LogP contribution < -0.4 is 11.1 Å². The van der Waals surface area contributed by atoms with E-state index in [-0.39, 0.29) is 5.91 Å². The van der Waals surface area contributed by atoms with E-state index in [0.717, 1.165) is 25.8 Å². The second-order valence-electron chi connectivity index (χ2n) is 4.26. The highest BCUT2D eigenvalue weighted by Gasteiger charge is 2.43. The summed E-state index contributed by atoms with van der Waals surface area (Å²) in [5, 5.41) is 4.22. The van der Waals surface area contributed by atoms with Gasteiger partial charge in [0.1, 0.15) is 6.26 Å².